The van der Waals surface area contributed by atoms with Crippen LogP contribution in [0.2, 0.25) is 0 Å². The zero-order chi connectivity index (χ0) is 26.6. The number of hydrogen-bond acceptors (Lipinski definition) is 2. The topological polar surface area (TPSA) is 40.5 Å². The molecule has 4 aliphatic rings. The number of allylic oxidation sites excluding steroid dienone is 1. The van der Waals surface area contributed by atoms with Gasteiger partial charge in [-0.2, -0.15) is 13.2 Å². The Morgan fingerprint density at radius 1 is 1.00 bits per heavy atom. The molecule has 8 unspecified atom stereocenters. The maximum absolute atomic E-state index is 10.4. The normalized spacial score (nSPS) is 39.1. The van der Waals surface area contributed by atoms with Gasteiger partial charge in [-0.25, -0.2) is 0 Å². The molecule has 4 rings (SSSR count). The van der Waals surface area contributed by atoms with Gasteiger partial charge in [0.2, 0.25) is 0 Å². The Hall–Kier alpha value is -0.550. The molecule has 3 fully saturated rings. The van der Waals surface area contributed by atoms with Crippen molar-refractivity contribution < 1.29 is 23.4 Å². The van der Waals surface area contributed by atoms with Crippen LogP contribution >= 0.6 is 0 Å². The van der Waals surface area contributed by atoms with Crippen LogP contribution in [0.25, 0.3) is 0 Å². The number of fused-ring (bicyclic) bond motifs is 5. The average molecular weight is 503 g/mol. The van der Waals surface area contributed by atoms with Crippen LogP contribution in [0.4, 0.5) is 13.2 Å². The lowest BCUT2D eigenvalue weighted by Crippen LogP contribution is -2.50. The van der Waals surface area contributed by atoms with Gasteiger partial charge < -0.3 is 10.2 Å². The van der Waals surface area contributed by atoms with Crippen molar-refractivity contribution in [2.45, 2.75) is 138 Å². The van der Waals surface area contributed by atoms with Crippen LogP contribution in [0.5, 0.6) is 0 Å². The van der Waals surface area contributed by atoms with E-state index in [9.17, 15) is 23.4 Å². The number of alkyl halides is 3. The lowest BCUT2D eigenvalue weighted by molar-refractivity contribution is -0.0514. The minimum Gasteiger partial charge on any atom is -0.393 e. The summed E-state index contributed by atoms with van der Waals surface area (Å²) >= 11 is 0. The van der Waals surface area contributed by atoms with Gasteiger partial charge in [0.25, 0.3) is 0 Å². The van der Waals surface area contributed by atoms with E-state index in [1.807, 2.05) is 13.8 Å². The number of hydrogen-bond donors (Lipinski definition) is 2. The number of aliphatic hydroxyl groups is 2. The Kier molecular flexibility index (Phi) is 10.8. The second-order valence-corrected chi connectivity index (χ2v) is 13.0. The monoisotopic (exact) mass is 502 g/mol. The molecule has 35 heavy (non-hydrogen) atoms. The first-order valence-electron chi connectivity index (χ1n) is 14.3. The molecule has 4 aliphatic carbocycles. The summed E-state index contributed by atoms with van der Waals surface area (Å²) in [5.74, 6) is 3.45. The Labute approximate surface area is 213 Å². The van der Waals surface area contributed by atoms with Crippen molar-refractivity contribution in [1.29, 1.82) is 0 Å². The molecule has 0 spiro atoms. The molecule has 2 nitrogen and oxygen atoms in total. The van der Waals surface area contributed by atoms with E-state index >= 15 is 0 Å². The van der Waals surface area contributed by atoms with Crippen molar-refractivity contribution in [2.24, 2.45) is 39.9 Å². The van der Waals surface area contributed by atoms with Crippen molar-refractivity contribution in [3.8, 4) is 0 Å². The van der Waals surface area contributed by atoms with Crippen molar-refractivity contribution in [3.05, 3.63) is 11.6 Å². The molecular formula is C30H53F3O2. The van der Waals surface area contributed by atoms with Gasteiger partial charge >= 0.3 is 6.68 Å². The van der Waals surface area contributed by atoms with Crippen LogP contribution in [0.1, 0.15) is 119 Å². The van der Waals surface area contributed by atoms with E-state index in [1.165, 1.54) is 51.4 Å². The molecule has 0 aromatic heterocycles. The van der Waals surface area contributed by atoms with Gasteiger partial charge in [0.1, 0.15) is 0 Å². The highest BCUT2D eigenvalue weighted by Gasteiger charge is 2.58. The second kappa shape index (κ2) is 12.3. The lowest BCUT2D eigenvalue weighted by Gasteiger charge is -2.58. The number of halogens is 3. The predicted molar refractivity (Wildman–Crippen MR) is 139 cm³/mol. The minimum absolute atomic E-state index is 0.00926. The summed E-state index contributed by atoms with van der Waals surface area (Å²) in [4.78, 5) is 0. The predicted octanol–water partition coefficient (Wildman–Crippen LogP) is 8.71. The first-order chi connectivity index (χ1) is 16.3. The highest BCUT2D eigenvalue weighted by molar-refractivity contribution is 5.25. The number of aliphatic hydroxyl groups excluding tert-OH is 2. The molecule has 206 valence electrons. The Bertz CT molecular complexity index is 685. The van der Waals surface area contributed by atoms with E-state index in [-0.39, 0.29) is 17.6 Å². The van der Waals surface area contributed by atoms with Crippen LogP contribution < -0.4 is 0 Å². The van der Waals surface area contributed by atoms with Crippen LogP contribution in [0, 0.1) is 39.9 Å². The smallest absolute Gasteiger partial charge is 0.379 e. The lowest BCUT2D eigenvalue weighted by atomic mass is 9.47. The minimum atomic E-state index is -3.67. The maximum Gasteiger partial charge on any atom is 0.379 e. The van der Waals surface area contributed by atoms with Crippen molar-refractivity contribution in [1.82, 2.24) is 0 Å². The molecule has 5 heteroatoms. The fourth-order valence-electron chi connectivity index (χ4n) is 8.22. The molecule has 2 N–H and O–H groups in total. The van der Waals surface area contributed by atoms with Crippen molar-refractivity contribution in [3.63, 3.8) is 0 Å². The molecule has 0 saturated heterocycles. The third kappa shape index (κ3) is 6.86. The molecule has 0 bridgehead atoms. The second-order valence-electron chi connectivity index (χ2n) is 13.0. The average Bonchev–Trinajstić information content (AvgIpc) is 3.11. The molecule has 0 amide bonds. The zero-order valence-corrected chi connectivity index (χ0v) is 23.4. The zero-order valence-electron chi connectivity index (χ0n) is 23.4. The third-order valence-corrected chi connectivity index (χ3v) is 10.3. The molecule has 8 atom stereocenters. The largest absolute Gasteiger partial charge is 0.393 e. The van der Waals surface area contributed by atoms with Crippen LogP contribution in [-0.4, -0.2) is 29.1 Å². The quantitative estimate of drug-likeness (QED) is 0.377. The summed E-state index contributed by atoms with van der Waals surface area (Å²) in [6.45, 7) is 12.0. The Morgan fingerprint density at radius 3 is 2.23 bits per heavy atom. The number of rotatable bonds is 4. The summed E-state index contributed by atoms with van der Waals surface area (Å²) in [6.07, 6.45) is 15.7. The summed E-state index contributed by atoms with van der Waals surface area (Å²) in [5.41, 5.74) is 2.48. The molecule has 3 saturated carbocycles. The van der Waals surface area contributed by atoms with E-state index < -0.39 is 6.68 Å². The molecule has 0 radical (unpaired) electrons. The first kappa shape index (κ1) is 30.7. The standard InChI is InChI=1S/C27H46O2.C2H6.CHF3/c1-25(2,3)24(29)8-6-7-18-10-12-22-21-11-9-19-17-20(28)13-15-27(19,5)23(21)14-16-26(18,22)4;1-2;2-1(3)4/h9,18,20-24,28-29H,6-8,10-17H2,1-5H3;1-2H3;1H. The third-order valence-electron chi connectivity index (χ3n) is 10.3. The SMILES string of the molecule is CC.CC(C)(C)C(O)CCCC1CCC2C3CC=C4CC(O)CCC4(C)C3CCC12C.FC(F)F. The van der Waals surface area contributed by atoms with E-state index in [4.69, 9.17) is 0 Å². The van der Waals surface area contributed by atoms with E-state index in [0.29, 0.717) is 10.8 Å². The van der Waals surface area contributed by atoms with Gasteiger partial charge in [0, 0.05) is 0 Å². The van der Waals surface area contributed by atoms with Gasteiger partial charge in [-0.1, -0.05) is 66.5 Å². The van der Waals surface area contributed by atoms with E-state index in [2.05, 4.69) is 40.7 Å². The summed E-state index contributed by atoms with van der Waals surface area (Å²) in [7, 11) is 0. The highest BCUT2D eigenvalue weighted by Crippen LogP contribution is 2.66. The van der Waals surface area contributed by atoms with Crippen LogP contribution in [0.15, 0.2) is 11.6 Å². The molecule has 0 aliphatic heterocycles. The summed E-state index contributed by atoms with van der Waals surface area (Å²) in [5, 5.41) is 20.6. The molecule has 0 aromatic rings. The van der Waals surface area contributed by atoms with Crippen molar-refractivity contribution >= 4 is 0 Å². The van der Waals surface area contributed by atoms with Gasteiger partial charge in [0.15, 0.2) is 0 Å². The van der Waals surface area contributed by atoms with Crippen LogP contribution in [0.3, 0.4) is 0 Å². The Morgan fingerprint density at radius 2 is 1.63 bits per heavy atom. The van der Waals surface area contributed by atoms with Gasteiger partial charge in [0.05, 0.1) is 12.2 Å². The van der Waals surface area contributed by atoms with Crippen LogP contribution in [-0.2, 0) is 0 Å². The molecule has 0 aromatic carbocycles. The van der Waals surface area contributed by atoms with Gasteiger partial charge in [-0.15, -0.1) is 0 Å². The van der Waals surface area contributed by atoms with Crippen molar-refractivity contribution in [2.75, 3.05) is 0 Å². The van der Waals surface area contributed by atoms with Gasteiger partial charge in [-0.3, -0.25) is 0 Å². The van der Waals surface area contributed by atoms with E-state index in [1.54, 1.807) is 5.57 Å². The summed E-state index contributed by atoms with van der Waals surface area (Å²) < 4.78 is 29.0. The van der Waals surface area contributed by atoms with Gasteiger partial charge in [-0.05, 0) is 104 Å². The Balaban J connectivity index is 0.000000655. The highest BCUT2D eigenvalue weighted by atomic mass is 19.4. The fourth-order valence-corrected chi connectivity index (χ4v) is 8.22. The molecular weight excluding hydrogens is 449 g/mol. The van der Waals surface area contributed by atoms with E-state index in [0.717, 1.165) is 42.9 Å². The maximum atomic E-state index is 10.4. The molecule has 0 heterocycles. The first-order valence-corrected chi connectivity index (χ1v) is 14.3. The fraction of sp³-hybridized carbons (Fsp3) is 0.933. The summed E-state index contributed by atoms with van der Waals surface area (Å²) in [6, 6.07) is 0.